The highest BCUT2D eigenvalue weighted by molar-refractivity contribution is 6.35. The van der Waals surface area contributed by atoms with E-state index >= 15 is 0 Å². The molecule has 0 saturated heterocycles. The minimum atomic E-state index is -0.0523. The lowest BCUT2D eigenvalue weighted by molar-refractivity contribution is 0.411. The summed E-state index contributed by atoms with van der Waals surface area (Å²) in [4.78, 5) is 0. The van der Waals surface area contributed by atoms with Gasteiger partial charge in [0, 0.05) is 16.1 Å². The summed E-state index contributed by atoms with van der Waals surface area (Å²) in [5, 5.41) is 10.9. The van der Waals surface area contributed by atoms with E-state index in [2.05, 4.69) is 26.5 Å². The molecule has 0 radical (unpaired) electrons. The summed E-state index contributed by atoms with van der Waals surface area (Å²) in [7, 11) is 0. The zero-order valence-corrected chi connectivity index (χ0v) is 17.7. The Labute approximate surface area is 176 Å². The Balaban J connectivity index is 0.000000223. The minimum absolute atomic E-state index is 0.0523. The molecule has 0 spiro atoms. The van der Waals surface area contributed by atoms with Gasteiger partial charge in [-0.15, -0.1) is 0 Å². The van der Waals surface area contributed by atoms with Crippen LogP contribution in [0.25, 0.3) is 0 Å². The Bertz CT molecular complexity index is 794. The lowest BCUT2D eigenvalue weighted by Gasteiger charge is -2.19. The fourth-order valence-electron chi connectivity index (χ4n) is 2.67. The fourth-order valence-corrected chi connectivity index (χ4v) is 3.28. The van der Waals surface area contributed by atoms with Crippen molar-refractivity contribution in [3.05, 3.63) is 75.3 Å². The first-order valence-electron chi connectivity index (χ1n) is 8.68. The number of aromatic hydroxyl groups is 1. The molecular weight excluding hydrogens is 403 g/mol. The largest absolute Gasteiger partial charge is 0.504 e. The van der Waals surface area contributed by atoms with Gasteiger partial charge in [0.25, 0.3) is 0 Å². The van der Waals surface area contributed by atoms with Crippen LogP contribution >= 0.6 is 34.8 Å². The smallest absolute Gasteiger partial charge is 0.169 e. The molecule has 1 unspecified atom stereocenters. The van der Waals surface area contributed by atoms with Crippen molar-refractivity contribution in [3.63, 3.8) is 0 Å². The van der Waals surface area contributed by atoms with Gasteiger partial charge >= 0.3 is 0 Å². The van der Waals surface area contributed by atoms with Gasteiger partial charge < -0.3 is 9.84 Å². The second-order valence-electron chi connectivity index (χ2n) is 6.66. The molecule has 0 amide bonds. The lowest BCUT2D eigenvalue weighted by Crippen LogP contribution is -2.04. The van der Waals surface area contributed by atoms with Crippen molar-refractivity contribution >= 4 is 34.8 Å². The van der Waals surface area contributed by atoms with Crippen molar-refractivity contribution in [2.24, 2.45) is 5.92 Å². The minimum Gasteiger partial charge on any atom is -0.504 e. The van der Waals surface area contributed by atoms with E-state index in [0.717, 1.165) is 5.92 Å². The summed E-state index contributed by atoms with van der Waals surface area (Å²) < 4.78 is 5.45. The number of hydrogen-bond acceptors (Lipinski definition) is 2. The standard InChI is InChI=1S/C12H7Cl3O2.C10H16/c13-7-1-3-11(9(15)5-7)17-12-4-2-8(14)6-10(12)16;1-8(2)10-6-4-9(3)5-7-10/h1-6,16H;4,10H,1,5-7H2,2-3H3. The molecule has 5 heteroatoms. The summed E-state index contributed by atoms with van der Waals surface area (Å²) >= 11 is 17.4. The van der Waals surface area contributed by atoms with E-state index in [1.807, 2.05) is 0 Å². The molecule has 144 valence electrons. The van der Waals surface area contributed by atoms with Crippen LogP contribution in [0.15, 0.2) is 60.2 Å². The molecule has 27 heavy (non-hydrogen) atoms. The van der Waals surface area contributed by atoms with Crippen molar-refractivity contribution < 1.29 is 9.84 Å². The number of allylic oxidation sites excluding steroid dienone is 3. The Morgan fingerprint density at radius 3 is 2.22 bits per heavy atom. The third-order valence-electron chi connectivity index (χ3n) is 4.37. The van der Waals surface area contributed by atoms with E-state index in [4.69, 9.17) is 39.5 Å². The molecule has 2 aromatic carbocycles. The van der Waals surface area contributed by atoms with Crippen LogP contribution in [0.2, 0.25) is 15.1 Å². The number of halogens is 3. The number of rotatable bonds is 3. The van der Waals surface area contributed by atoms with Gasteiger partial charge in [0.15, 0.2) is 11.5 Å². The summed E-state index contributed by atoms with van der Waals surface area (Å²) in [5.74, 6) is 1.40. The summed E-state index contributed by atoms with van der Waals surface area (Å²) in [6.45, 7) is 8.33. The summed E-state index contributed by atoms with van der Waals surface area (Å²) in [6.07, 6.45) is 6.17. The van der Waals surface area contributed by atoms with E-state index in [9.17, 15) is 5.11 Å². The number of benzene rings is 2. The number of phenolic OH excluding ortho intramolecular Hbond substituents is 1. The van der Waals surface area contributed by atoms with Crippen molar-refractivity contribution in [2.45, 2.75) is 33.1 Å². The predicted molar refractivity (Wildman–Crippen MR) is 116 cm³/mol. The molecule has 1 aliphatic carbocycles. The molecule has 0 heterocycles. The maximum Gasteiger partial charge on any atom is 0.169 e. The predicted octanol–water partition coefficient (Wildman–Crippen LogP) is 8.45. The van der Waals surface area contributed by atoms with Gasteiger partial charge in [0.1, 0.15) is 5.75 Å². The Kier molecular flexibility index (Phi) is 8.09. The number of hydrogen-bond donors (Lipinski definition) is 1. The zero-order chi connectivity index (χ0) is 20.0. The normalized spacial score (nSPS) is 16.0. The first-order valence-corrected chi connectivity index (χ1v) is 9.82. The lowest BCUT2D eigenvalue weighted by atomic mass is 9.86. The first kappa shape index (κ1) is 21.7. The van der Waals surface area contributed by atoms with Crippen LogP contribution in [0, 0.1) is 5.92 Å². The van der Waals surface area contributed by atoms with E-state index in [1.165, 1.54) is 30.9 Å². The summed E-state index contributed by atoms with van der Waals surface area (Å²) in [5.41, 5.74) is 2.90. The highest BCUT2D eigenvalue weighted by Gasteiger charge is 2.12. The molecule has 1 atom stereocenters. The maximum atomic E-state index is 9.62. The molecule has 2 aromatic rings. The average Bonchev–Trinajstić information content (AvgIpc) is 2.60. The van der Waals surface area contributed by atoms with Crippen LogP contribution in [0.4, 0.5) is 0 Å². The Morgan fingerprint density at radius 1 is 1.07 bits per heavy atom. The van der Waals surface area contributed by atoms with E-state index in [-0.39, 0.29) is 11.5 Å². The topological polar surface area (TPSA) is 29.5 Å². The van der Waals surface area contributed by atoms with Gasteiger partial charge in [-0.05, 0) is 69.4 Å². The highest BCUT2D eigenvalue weighted by atomic mass is 35.5. The van der Waals surface area contributed by atoms with Gasteiger partial charge in [0.2, 0.25) is 0 Å². The van der Waals surface area contributed by atoms with Gasteiger partial charge in [-0.3, -0.25) is 0 Å². The third-order valence-corrected chi connectivity index (χ3v) is 5.14. The third kappa shape index (κ3) is 6.80. The monoisotopic (exact) mass is 424 g/mol. The fraction of sp³-hybridized carbons (Fsp3) is 0.273. The Hall–Kier alpha value is -1.61. The average molecular weight is 426 g/mol. The van der Waals surface area contributed by atoms with Gasteiger partial charge in [-0.1, -0.05) is 58.6 Å². The number of ether oxygens (including phenoxy) is 1. The molecule has 3 rings (SSSR count). The SMILES string of the molecule is C=C(C)C1CC=C(C)CC1.Oc1cc(Cl)ccc1Oc1ccc(Cl)cc1Cl. The quantitative estimate of drug-likeness (QED) is 0.500. The van der Waals surface area contributed by atoms with Crippen molar-refractivity contribution in [3.8, 4) is 17.2 Å². The van der Waals surface area contributed by atoms with Gasteiger partial charge in [-0.2, -0.15) is 0 Å². The van der Waals surface area contributed by atoms with Crippen molar-refractivity contribution in [1.29, 1.82) is 0 Å². The molecule has 0 saturated carbocycles. The Morgan fingerprint density at radius 2 is 1.70 bits per heavy atom. The van der Waals surface area contributed by atoms with Crippen LogP contribution in [-0.2, 0) is 0 Å². The molecule has 0 aromatic heterocycles. The van der Waals surface area contributed by atoms with E-state index in [1.54, 1.807) is 35.9 Å². The van der Waals surface area contributed by atoms with Crippen LogP contribution in [-0.4, -0.2) is 5.11 Å². The van der Waals surface area contributed by atoms with Gasteiger partial charge in [-0.25, -0.2) is 0 Å². The van der Waals surface area contributed by atoms with Crippen molar-refractivity contribution in [1.82, 2.24) is 0 Å². The first-order chi connectivity index (χ1) is 12.8. The maximum absolute atomic E-state index is 9.62. The molecular formula is C22H23Cl3O2. The molecule has 2 nitrogen and oxygen atoms in total. The molecule has 1 N–H and O–H groups in total. The summed E-state index contributed by atoms with van der Waals surface area (Å²) in [6, 6.07) is 9.39. The van der Waals surface area contributed by atoms with Gasteiger partial charge in [0.05, 0.1) is 5.02 Å². The highest BCUT2D eigenvalue weighted by Crippen LogP contribution is 2.36. The van der Waals surface area contributed by atoms with Crippen LogP contribution in [0.5, 0.6) is 17.2 Å². The number of phenols is 1. The molecule has 0 fully saturated rings. The second kappa shape index (κ2) is 10.1. The van der Waals surface area contributed by atoms with Crippen LogP contribution in [0.1, 0.15) is 33.1 Å². The second-order valence-corrected chi connectivity index (χ2v) is 7.94. The van der Waals surface area contributed by atoms with Crippen LogP contribution < -0.4 is 4.74 Å². The molecule has 0 aliphatic heterocycles. The zero-order valence-electron chi connectivity index (χ0n) is 15.4. The molecule has 0 bridgehead atoms. The van der Waals surface area contributed by atoms with Crippen molar-refractivity contribution in [2.75, 3.05) is 0 Å². The van der Waals surface area contributed by atoms with E-state index in [0.29, 0.717) is 20.8 Å². The van der Waals surface area contributed by atoms with E-state index < -0.39 is 0 Å². The van der Waals surface area contributed by atoms with Crippen LogP contribution in [0.3, 0.4) is 0 Å². The molecule has 1 aliphatic rings.